The largest absolute Gasteiger partial charge is 0.291 e. The Morgan fingerprint density at radius 3 is 2.56 bits per heavy atom. The summed E-state index contributed by atoms with van der Waals surface area (Å²) in [5, 5.41) is 15.2. The first-order valence-electron chi connectivity index (χ1n) is 5.64. The number of anilines is 1. The van der Waals surface area contributed by atoms with Gasteiger partial charge in [0.05, 0.1) is 5.69 Å². The third kappa shape index (κ3) is 2.88. The van der Waals surface area contributed by atoms with Crippen LogP contribution in [0.25, 0.3) is 0 Å². The molecule has 0 heterocycles. The van der Waals surface area contributed by atoms with Crippen LogP contribution in [0.5, 0.6) is 0 Å². The van der Waals surface area contributed by atoms with Crippen LogP contribution in [-0.4, -0.2) is 18.5 Å². The summed E-state index contributed by atoms with van der Waals surface area (Å²) in [6.45, 7) is 0. The Kier molecular flexibility index (Phi) is 3.63. The lowest BCUT2D eigenvalue weighted by atomic mass is 10.2. The van der Waals surface area contributed by atoms with Gasteiger partial charge in [-0.1, -0.05) is 11.6 Å². The average molecular weight is 262 g/mol. The van der Waals surface area contributed by atoms with Crippen LogP contribution < -0.4 is 5.01 Å². The summed E-state index contributed by atoms with van der Waals surface area (Å²) >= 11 is 5.79. The van der Waals surface area contributed by atoms with E-state index in [1.165, 1.54) is 5.01 Å². The maximum atomic E-state index is 11.8. The number of ketones is 1. The number of hydrazone groups is 1. The highest BCUT2D eigenvalue weighted by atomic mass is 35.5. The Morgan fingerprint density at radius 1 is 1.44 bits per heavy atom. The predicted octanol–water partition coefficient (Wildman–Crippen LogP) is 2.63. The molecule has 0 unspecified atom stereocenters. The number of rotatable bonds is 4. The number of hydrogen-bond donors (Lipinski definition) is 0. The Hall–Kier alpha value is -1.86. The molecular weight excluding hydrogens is 250 g/mol. The molecule has 4 nitrogen and oxygen atoms in total. The fourth-order valence-corrected chi connectivity index (χ4v) is 1.66. The monoisotopic (exact) mass is 261 g/mol. The molecule has 1 aliphatic carbocycles. The molecule has 18 heavy (non-hydrogen) atoms. The standard InChI is InChI=1S/C13H12ClN3O/c1-17(11-6-4-10(14)5-7-11)16-12(8-15)13(18)9-2-3-9/h4-7,9H,2-3H2,1H3/b16-12-. The second-order valence-electron chi connectivity index (χ2n) is 4.20. The molecule has 0 spiro atoms. The Balaban J connectivity index is 2.17. The van der Waals surface area contributed by atoms with E-state index >= 15 is 0 Å². The smallest absolute Gasteiger partial charge is 0.204 e. The zero-order chi connectivity index (χ0) is 13.1. The van der Waals surface area contributed by atoms with E-state index in [9.17, 15) is 4.79 Å². The van der Waals surface area contributed by atoms with Crippen molar-refractivity contribution in [1.82, 2.24) is 0 Å². The Bertz CT molecular complexity index is 526. The van der Waals surface area contributed by atoms with E-state index in [2.05, 4.69) is 5.10 Å². The van der Waals surface area contributed by atoms with Gasteiger partial charge < -0.3 is 0 Å². The van der Waals surface area contributed by atoms with E-state index < -0.39 is 0 Å². The lowest BCUT2D eigenvalue weighted by Gasteiger charge is -2.13. The average Bonchev–Trinajstić information content (AvgIpc) is 3.20. The van der Waals surface area contributed by atoms with Crippen LogP contribution in [0.1, 0.15) is 12.8 Å². The molecule has 1 saturated carbocycles. The first-order chi connectivity index (χ1) is 8.61. The lowest BCUT2D eigenvalue weighted by Crippen LogP contribution is -2.20. The minimum atomic E-state index is -0.154. The maximum absolute atomic E-state index is 11.8. The van der Waals surface area contributed by atoms with Crippen molar-refractivity contribution >= 4 is 28.8 Å². The van der Waals surface area contributed by atoms with Gasteiger partial charge in [-0.25, -0.2) is 0 Å². The minimum absolute atomic E-state index is 0.00187. The first-order valence-corrected chi connectivity index (χ1v) is 6.02. The van der Waals surface area contributed by atoms with Gasteiger partial charge in [0.25, 0.3) is 0 Å². The van der Waals surface area contributed by atoms with Crippen LogP contribution in [0.3, 0.4) is 0 Å². The van der Waals surface area contributed by atoms with Crippen LogP contribution >= 0.6 is 11.6 Å². The van der Waals surface area contributed by atoms with Gasteiger partial charge in [0.2, 0.25) is 5.71 Å². The Morgan fingerprint density at radius 2 is 2.06 bits per heavy atom. The summed E-state index contributed by atoms with van der Waals surface area (Å²) in [6, 6.07) is 8.90. The van der Waals surface area contributed by atoms with Crippen molar-refractivity contribution in [1.29, 1.82) is 5.26 Å². The van der Waals surface area contributed by atoms with Gasteiger partial charge in [0.1, 0.15) is 6.07 Å². The zero-order valence-corrected chi connectivity index (χ0v) is 10.7. The summed E-state index contributed by atoms with van der Waals surface area (Å²) in [6.07, 6.45) is 1.73. The molecule has 1 aromatic carbocycles. The van der Waals surface area contributed by atoms with E-state index in [-0.39, 0.29) is 17.4 Å². The highest BCUT2D eigenvalue weighted by Crippen LogP contribution is 2.30. The van der Waals surface area contributed by atoms with Crippen LogP contribution in [-0.2, 0) is 4.79 Å². The van der Waals surface area contributed by atoms with Gasteiger partial charge in [-0.2, -0.15) is 10.4 Å². The minimum Gasteiger partial charge on any atom is -0.291 e. The highest BCUT2D eigenvalue weighted by molar-refractivity contribution is 6.47. The van der Waals surface area contributed by atoms with E-state index in [1.807, 2.05) is 6.07 Å². The Labute approximate surface area is 110 Å². The molecule has 0 bridgehead atoms. The highest BCUT2D eigenvalue weighted by Gasteiger charge is 2.33. The molecule has 1 aliphatic rings. The number of benzene rings is 1. The number of nitriles is 1. The van der Waals surface area contributed by atoms with Gasteiger partial charge in [-0.3, -0.25) is 9.80 Å². The molecule has 1 fully saturated rings. The van der Waals surface area contributed by atoms with E-state index in [4.69, 9.17) is 16.9 Å². The summed E-state index contributed by atoms with van der Waals surface area (Å²) < 4.78 is 0. The first kappa shape index (κ1) is 12.6. The molecule has 2 rings (SSSR count). The normalized spacial score (nSPS) is 15.1. The molecule has 5 heteroatoms. The van der Waals surface area contributed by atoms with Gasteiger partial charge in [0, 0.05) is 18.0 Å². The quantitative estimate of drug-likeness (QED) is 0.618. The third-order valence-corrected chi connectivity index (χ3v) is 2.99. The number of carbonyl (C=O) groups excluding carboxylic acids is 1. The van der Waals surface area contributed by atoms with E-state index in [0.717, 1.165) is 18.5 Å². The van der Waals surface area contributed by atoms with Gasteiger partial charge >= 0.3 is 0 Å². The van der Waals surface area contributed by atoms with Crippen molar-refractivity contribution in [2.45, 2.75) is 12.8 Å². The third-order valence-electron chi connectivity index (χ3n) is 2.74. The molecule has 0 aliphatic heterocycles. The number of carbonyl (C=O) groups is 1. The molecular formula is C13H12ClN3O. The van der Waals surface area contributed by atoms with E-state index in [1.54, 1.807) is 31.3 Å². The van der Waals surface area contributed by atoms with Crippen molar-refractivity contribution in [3.63, 3.8) is 0 Å². The fourth-order valence-electron chi connectivity index (χ4n) is 1.53. The topological polar surface area (TPSA) is 56.5 Å². The maximum Gasteiger partial charge on any atom is 0.204 e. The van der Waals surface area contributed by atoms with Crippen LogP contribution in [0.15, 0.2) is 29.4 Å². The van der Waals surface area contributed by atoms with Crippen molar-refractivity contribution in [3.8, 4) is 6.07 Å². The van der Waals surface area contributed by atoms with E-state index in [0.29, 0.717) is 5.02 Å². The molecule has 0 radical (unpaired) electrons. The van der Waals surface area contributed by atoms with Crippen molar-refractivity contribution in [3.05, 3.63) is 29.3 Å². The number of nitrogens with zero attached hydrogens (tertiary/aromatic N) is 3. The predicted molar refractivity (Wildman–Crippen MR) is 70.6 cm³/mol. The van der Waals surface area contributed by atoms with Gasteiger partial charge in [0.15, 0.2) is 5.78 Å². The SMILES string of the molecule is CN(/N=C(/C#N)C(=O)C1CC1)c1ccc(Cl)cc1. The molecule has 0 N–H and O–H groups in total. The lowest BCUT2D eigenvalue weighted by molar-refractivity contribution is -0.113. The summed E-state index contributed by atoms with van der Waals surface area (Å²) in [4.78, 5) is 11.8. The molecule has 92 valence electrons. The van der Waals surface area contributed by atoms with Crippen LogP contribution in [0, 0.1) is 17.2 Å². The summed E-state index contributed by atoms with van der Waals surface area (Å²) in [7, 11) is 1.70. The zero-order valence-electron chi connectivity index (χ0n) is 9.93. The molecule has 0 amide bonds. The number of Topliss-reactive ketones (excluding diaryl/α,β-unsaturated/α-hetero) is 1. The second-order valence-corrected chi connectivity index (χ2v) is 4.64. The number of hydrogen-bond acceptors (Lipinski definition) is 4. The second kappa shape index (κ2) is 5.19. The molecule has 0 atom stereocenters. The van der Waals surface area contributed by atoms with Crippen molar-refractivity contribution < 1.29 is 4.79 Å². The van der Waals surface area contributed by atoms with Gasteiger partial charge in [-0.15, -0.1) is 0 Å². The molecule has 1 aromatic rings. The van der Waals surface area contributed by atoms with Crippen molar-refractivity contribution in [2.24, 2.45) is 11.0 Å². The van der Waals surface area contributed by atoms with Crippen LogP contribution in [0.2, 0.25) is 5.02 Å². The van der Waals surface area contributed by atoms with Crippen molar-refractivity contribution in [2.75, 3.05) is 12.1 Å². The van der Waals surface area contributed by atoms with Gasteiger partial charge in [-0.05, 0) is 37.1 Å². The number of halogens is 1. The van der Waals surface area contributed by atoms with Crippen LogP contribution in [0.4, 0.5) is 5.69 Å². The summed E-state index contributed by atoms with van der Waals surface area (Å²) in [5.74, 6) is -0.152. The molecule has 0 aromatic heterocycles. The summed E-state index contributed by atoms with van der Waals surface area (Å²) in [5.41, 5.74) is 0.741. The molecule has 0 saturated heterocycles. The fraction of sp³-hybridized carbons (Fsp3) is 0.308.